The van der Waals surface area contributed by atoms with Crippen molar-refractivity contribution in [1.29, 1.82) is 0 Å². The topological polar surface area (TPSA) is 69.8 Å². The summed E-state index contributed by atoms with van der Waals surface area (Å²) < 4.78 is 32.1. The van der Waals surface area contributed by atoms with Crippen LogP contribution >= 0.6 is 23.2 Å². The molecule has 0 amide bonds. The SMILES string of the molecule is COCCN1CCC2(CCc3ccc(-c4cnc(N)c(O[C@H](C)c5c(Cl)ccc(F)c5Cl)c4)cc3O2)CC1. The molecule has 3 heterocycles. The molecule has 1 saturated heterocycles. The molecule has 9 heteroatoms. The van der Waals surface area contributed by atoms with Crippen molar-refractivity contribution in [3.8, 4) is 22.6 Å². The van der Waals surface area contributed by atoms with Gasteiger partial charge in [0.1, 0.15) is 23.3 Å². The lowest BCUT2D eigenvalue weighted by Crippen LogP contribution is -2.50. The lowest BCUT2D eigenvalue weighted by Gasteiger charge is -2.44. The Morgan fingerprint density at radius 2 is 1.92 bits per heavy atom. The Balaban J connectivity index is 1.35. The lowest BCUT2D eigenvalue weighted by molar-refractivity contribution is -0.0185. The summed E-state index contributed by atoms with van der Waals surface area (Å²) in [6.45, 7) is 5.48. The van der Waals surface area contributed by atoms with Crippen LogP contribution in [0.15, 0.2) is 42.6 Å². The Morgan fingerprint density at radius 3 is 2.68 bits per heavy atom. The Kier molecular flexibility index (Phi) is 8.00. The van der Waals surface area contributed by atoms with Gasteiger partial charge in [0.05, 0.1) is 11.6 Å². The molecule has 2 aliphatic heterocycles. The molecule has 0 saturated carbocycles. The zero-order chi connectivity index (χ0) is 26.9. The minimum Gasteiger partial charge on any atom is -0.487 e. The van der Waals surface area contributed by atoms with Crippen molar-refractivity contribution in [2.24, 2.45) is 0 Å². The van der Waals surface area contributed by atoms with Gasteiger partial charge in [-0.1, -0.05) is 35.3 Å². The number of nitrogen functional groups attached to an aromatic ring is 1. The number of ether oxygens (including phenoxy) is 3. The number of aromatic nitrogens is 1. The molecule has 0 radical (unpaired) electrons. The first-order chi connectivity index (χ1) is 18.3. The average molecular weight is 560 g/mol. The smallest absolute Gasteiger partial charge is 0.166 e. The highest BCUT2D eigenvalue weighted by atomic mass is 35.5. The molecule has 202 valence electrons. The van der Waals surface area contributed by atoms with Crippen LogP contribution in [0.5, 0.6) is 11.5 Å². The Labute approximate surface area is 232 Å². The van der Waals surface area contributed by atoms with Gasteiger partial charge in [-0.25, -0.2) is 9.37 Å². The number of likely N-dealkylation sites (tertiary alicyclic amines) is 1. The highest BCUT2D eigenvalue weighted by Crippen LogP contribution is 2.42. The maximum absolute atomic E-state index is 14.1. The van der Waals surface area contributed by atoms with Gasteiger partial charge in [-0.2, -0.15) is 0 Å². The van der Waals surface area contributed by atoms with Gasteiger partial charge in [0.25, 0.3) is 0 Å². The Hall–Kier alpha value is -2.58. The van der Waals surface area contributed by atoms with Gasteiger partial charge in [0.2, 0.25) is 0 Å². The van der Waals surface area contributed by atoms with E-state index >= 15 is 0 Å². The van der Waals surface area contributed by atoms with Crippen LogP contribution in [0.4, 0.5) is 10.2 Å². The monoisotopic (exact) mass is 559 g/mol. The molecule has 2 aliphatic rings. The summed E-state index contributed by atoms with van der Waals surface area (Å²) >= 11 is 12.5. The van der Waals surface area contributed by atoms with Crippen molar-refractivity contribution < 1.29 is 18.6 Å². The van der Waals surface area contributed by atoms with E-state index in [1.165, 1.54) is 17.7 Å². The van der Waals surface area contributed by atoms with Crippen LogP contribution in [-0.4, -0.2) is 48.8 Å². The fourth-order valence-corrected chi connectivity index (χ4v) is 5.99. The molecule has 1 spiro atoms. The second-order valence-electron chi connectivity index (χ2n) is 10.1. The minimum absolute atomic E-state index is 0.0713. The third-order valence-electron chi connectivity index (χ3n) is 7.63. The number of nitrogens with two attached hydrogens (primary N) is 1. The van der Waals surface area contributed by atoms with Crippen LogP contribution in [0, 0.1) is 5.82 Å². The molecule has 1 atom stereocenters. The molecule has 2 N–H and O–H groups in total. The largest absolute Gasteiger partial charge is 0.487 e. The van der Waals surface area contributed by atoms with Gasteiger partial charge in [0, 0.05) is 49.1 Å². The van der Waals surface area contributed by atoms with Crippen molar-refractivity contribution >= 4 is 29.0 Å². The molecule has 1 aromatic heterocycles. The maximum atomic E-state index is 14.1. The number of pyridine rings is 1. The summed E-state index contributed by atoms with van der Waals surface area (Å²) in [5, 5.41) is 0.245. The molecule has 2 aromatic carbocycles. The first kappa shape index (κ1) is 27.0. The number of aryl methyl sites for hydroxylation is 1. The number of rotatable bonds is 7. The van der Waals surface area contributed by atoms with E-state index in [0.29, 0.717) is 16.3 Å². The predicted octanol–water partition coefficient (Wildman–Crippen LogP) is 6.72. The molecule has 0 unspecified atom stereocenters. The van der Waals surface area contributed by atoms with Gasteiger partial charge < -0.3 is 24.8 Å². The van der Waals surface area contributed by atoms with E-state index in [2.05, 4.69) is 28.1 Å². The molecule has 0 aliphatic carbocycles. The summed E-state index contributed by atoms with van der Waals surface area (Å²) in [4.78, 5) is 6.79. The van der Waals surface area contributed by atoms with Gasteiger partial charge in [0.15, 0.2) is 11.6 Å². The van der Waals surface area contributed by atoms with Gasteiger partial charge in [-0.15, -0.1) is 0 Å². The fourth-order valence-electron chi connectivity index (χ4n) is 5.31. The molecule has 3 aromatic rings. The quantitative estimate of drug-likeness (QED) is 0.324. The van der Waals surface area contributed by atoms with Gasteiger partial charge in [-0.3, -0.25) is 0 Å². The van der Waals surface area contributed by atoms with Gasteiger partial charge in [-0.05, 0) is 68.0 Å². The zero-order valence-corrected chi connectivity index (χ0v) is 23.1. The Morgan fingerprint density at radius 1 is 1.13 bits per heavy atom. The first-order valence-corrected chi connectivity index (χ1v) is 13.6. The van der Waals surface area contributed by atoms with Crippen molar-refractivity contribution in [2.75, 3.05) is 39.1 Å². The summed E-state index contributed by atoms with van der Waals surface area (Å²) in [7, 11) is 1.74. The number of fused-ring (bicyclic) bond motifs is 1. The van der Waals surface area contributed by atoms with E-state index in [1.54, 1.807) is 20.2 Å². The van der Waals surface area contributed by atoms with E-state index in [0.717, 1.165) is 68.8 Å². The van der Waals surface area contributed by atoms with E-state index < -0.39 is 11.9 Å². The van der Waals surface area contributed by atoms with E-state index in [4.69, 9.17) is 43.1 Å². The summed E-state index contributed by atoms with van der Waals surface area (Å²) in [6.07, 6.45) is 5.10. The third kappa shape index (κ3) is 5.57. The molecule has 38 heavy (non-hydrogen) atoms. The fraction of sp³-hybridized carbons (Fsp3) is 0.414. The van der Waals surface area contributed by atoms with E-state index in [9.17, 15) is 4.39 Å². The number of piperidine rings is 1. The lowest BCUT2D eigenvalue weighted by atomic mass is 9.83. The molecular weight excluding hydrogens is 528 g/mol. The number of halogens is 3. The number of hydrogen-bond donors (Lipinski definition) is 1. The van der Waals surface area contributed by atoms with Crippen LogP contribution in [0.1, 0.15) is 43.4 Å². The van der Waals surface area contributed by atoms with Crippen molar-refractivity contribution in [3.05, 3.63) is 69.6 Å². The van der Waals surface area contributed by atoms with E-state index in [1.807, 2.05) is 6.07 Å². The number of nitrogens with zero attached hydrogens (tertiary/aromatic N) is 2. The van der Waals surface area contributed by atoms with E-state index in [-0.39, 0.29) is 16.4 Å². The van der Waals surface area contributed by atoms with Crippen LogP contribution in [0.3, 0.4) is 0 Å². The van der Waals surface area contributed by atoms with Gasteiger partial charge >= 0.3 is 0 Å². The summed E-state index contributed by atoms with van der Waals surface area (Å²) in [5.74, 6) is 0.946. The van der Waals surface area contributed by atoms with Crippen LogP contribution < -0.4 is 15.2 Å². The second-order valence-corrected chi connectivity index (χ2v) is 10.9. The van der Waals surface area contributed by atoms with Crippen LogP contribution in [0.2, 0.25) is 10.0 Å². The number of benzene rings is 2. The zero-order valence-electron chi connectivity index (χ0n) is 21.6. The van der Waals surface area contributed by atoms with Crippen LogP contribution in [0.25, 0.3) is 11.1 Å². The highest BCUT2D eigenvalue weighted by Gasteiger charge is 2.39. The van der Waals surface area contributed by atoms with Crippen molar-refractivity contribution in [3.63, 3.8) is 0 Å². The minimum atomic E-state index is -0.647. The molecule has 1 fully saturated rings. The predicted molar refractivity (Wildman–Crippen MR) is 149 cm³/mol. The van der Waals surface area contributed by atoms with Crippen LogP contribution in [-0.2, 0) is 11.2 Å². The number of hydrogen-bond acceptors (Lipinski definition) is 6. The number of anilines is 1. The van der Waals surface area contributed by atoms with Crippen molar-refractivity contribution in [2.45, 2.75) is 44.3 Å². The summed E-state index contributed by atoms with van der Waals surface area (Å²) in [6, 6.07) is 10.8. The standard InChI is InChI=1S/C29H32Cl2FN3O3/c1-18(26-22(30)5-6-23(32)27(26)31)37-25-16-21(17-34-28(25)33)20-4-3-19-7-8-29(38-24(19)15-20)9-11-35(12-10-29)13-14-36-2/h3-6,15-18H,7-14H2,1-2H3,(H2,33,34)/t18-/m1/s1. The molecular formula is C29H32Cl2FN3O3. The maximum Gasteiger partial charge on any atom is 0.166 e. The highest BCUT2D eigenvalue weighted by molar-refractivity contribution is 6.36. The van der Waals surface area contributed by atoms with Crippen molar-refractivity contribution in [1.82, 2.24) is 9.88 Å². The first-order valence-electron chi connectivity index (χ1n) is 12.9. The molecule has 6 nitrogen and oxygen atoms in total. The average Bonchev–Trinajstić information content (AvgIpc) is 2.91. The normalized spacial score (nSPS) is 17.6. The number of methoxy groups -OCH3 is 1. The Bertz CT molecular complexity index is 1310. The third-order valence-corrected chi connectivity index (χ3v) is 8.34. The summed E-state index contributed by atoms with van der Waals surface area (Å²) in [5.41, 5.74) is 9.36. The second kappa shape index (κ2) is 11.3. The molecule has 5 rings (SSSR count). The molecule has 0 bridgehead atoms.